The first-order valence-electron chi connectivity index (χ1n) is 11.4. The van der Waals surface area contributed by atoms with Crippen molar-refractivity contribution in [2.24, 2.45) is 0 Å². The number of aryl methyl sites for hydroxylation is 1. The van der Waals surface area contributed by atoms with E-state index in [0.29, 0.717) is 5.56 Å². The second-order valence-electron chi connectivity index (χ2n) is 8.65. The SMILES string of the molecule is Cc1ccc(C(=O)[C@H](C)NC(=O)[C@H](C)NC(=O)OCC2c3ccccc3-c3ccccc32)cc1. The Morgan fingerprint density at radius 3 is 1.94 bits per heavy atom. The van der Waals surface area contributed by atoms with Gasteiger partial charge in [0, 0.05) is 11.5 Å². The highest BCUT2D eigenvalue weighted by Crippen LogP contribution is 2.44. The zero-order valence-electron chi connectivity index (χ0n) is 19.5. The van der Waals surface area contributed by atoms with E-state index in [1.165, 1.54) is 0 Å². The number of hydrogen-bond acceptors (Lipinski definition) is 4. The molecule has 0 bridgehead atoms. The highest BCUT2D eigenvalue weighted by Gasteiger charge is 2.29. The number of ether oxygens (including phenoxy) is 1. The molecule has 3 aromatic carbocycles. The normalized spacial score (nSPS) is 13.9. The van der Waals surface area contributed by atoms with Crippen LogP contribution in [0, 0.1) is 6.92 Å². The van der Waals surface area contributed by atoms with Crippen molar-refractivity contribution in [2.45, 2.75) is 38.8 Å². The van der Waals surface area contributed by atoms with Crippen molar-refractivity contribution >= 4 is 17.8 Å². The fourth-order valence-corrected chi connectivity index (χ4v) is 4.25. The molecule has 0 aromatic heterocycles. The molecule has 2 amide bonds. The van der Waals surface area contributed by atoms with E-state index >= 15 is 0 Å². The van der Waals surface area contributed by atoms with Crippen molar-refractivity contribution in [3.05, 3.63) is 95.1 Å². The van der Waals surface area contributed by atoms with Crippen molar-refractivity contribution < 1.29 is 19.1 Å². The van der Waals surface area contributed by atoms with Gasteiger partial charge in [-0.05, 0) is 43.0 Å². The van der Waals surface area contributed by atoms with Gasteiger partial charge in [-0.15, -0.1) is 0 Å². The molecule has 2 N–H and O–H groups in total. The van der Waals surface area contributed by atoms with Crippen LogP contribution in [0.25, 0.3) is 11.1 Å². The Hall–Kier alpha value is -3.93. The van der Waals surface area contributed by atoms with E-state index in [2.05, 4.69) is 22.8 Å². The molecule has 0 heterocycles. The van der Waals surface area contributed by atoms with Gasteiger partial charge in [0.2, 0.25) is 5.91 Å². The van der Waals surface area contributed by atoms with E-state index in [9.17, 15) is 14.4 Å². The Bertz CT molecular complexity index is 1170. The summed E-state index contributed by atoms with van der Waals surface area (Å²) in [4.78, 5) is 37.5. The molecule has 0 radical (unpaired) electrons. The summed E-state index contributed by atoms with van der Waals surface area (Å²) in [5.74, 6) is -0.711. The third kappa shape index (κ3) is 4.86. The molecule has 0 unspecified atom stereocenters. The van der Waals surface area contributed by atoms with E-state index < -0.39 is 24.1 Å². The number of carbonyl (C=O) groups excluding carboxylic acids is 3. The largest absolute Gasteiger partial charge is 0.449 e. The zero-order chi connectivity index (χ0) is 24.2. The minimum absolute atomic E-state index is 0.0607. The summed E-state index contributed by atoms with van der Waals surface area (Å²) in [6.45, 7) is 5.28. The molecule has 6 nitrogen and oxygen atoms in total. The molecule has 4 rings (SSSR count). The van der Waals surface area contributed by atoms with Crippen LogP contribution in [0.4, 0.5) is 4.79 Å². The Balaban J connectivity index is 1.31. The lowest BCUT2D eigenvalue weighted by atomic mass is 9.98. The fourth-order valence-electron chi connectivity index (χ4n) is 4.25. The van der Waals surface area contributed by atoms with E-state index in [1.807, 2.05) is 55.5 Å². The highest BCUT2D eigenvalue weighted by atomic mass is 16.5. The Labute approximate surface area is 199 Å². The van der Waals surface area contributed by atoms with Gasteiger partial charge < -0.3 is 15.4 Å². The molecule has 3 aromatic rings. The van der Waals surface area contributed by atoms with Gasteiger partial charge in [0.15, 0.2) is 5.78 Å². The van der Waals surface area contributed by atoms with E-state index in [-0.39, 0.29) is 18.3 Å². The topological polar surface area (TPSA) is 84.5 Å². The number of nitrogens with one attached hydrogen (secondary N) is 2. The number of carbonyl (C=O) groups is 3. The molecule has 0 aliphatic heterocycles. The summed E-state index contributed by atoms with van der Waals surface area (Å²) in [6, 6.07) is 21.8. The van der Waals surface area contributed by atoms with Gasteiger partial charge in [-0.2, -0.15) is 0 Å². The van der Waals surface area contributed by atoms with Crippen LogP contribution in [0.5, 0.6) is 0 Å². The van der Waals surface area contributed by atoms with Crippen LogP contribution in [-0.4, -0.2) is 36.5 Å². The number of Topliss-reactive ketones (excluding diaryl/α,β-unsaturated/α-hetero) is 1. The monoisotopic (exact) mass is 456 g/mol. The molecule has 34 heavy (non-hydrogen) atoms. The molecule has 2 atom stereocenters. The second-order valence-corrected chi connectivity index (χ2v) is 8.65. The molecule has 0 saturated carbocycles. The third-order valence-electron chi connectivity index (χ3n) is 6.16. The number of fused-ring (bicyclic) bond motifs is 3. The van der Waals surface area contributed by atoms with Crippen LogP contribution < -0.4 is 10.6 Å². The summed E-state index contributed by atoms with van der Waals surface area (Å²) >= 11 is 0. The molecule has 1 aliphatic rings. The molecular formula is C28H28N2O4. The maximum atomic E-state index is 12.6. The predicted molar refractivity (Wildman–Crippen MR) is 131 cm³/mol. The Kier molecular flexibility index (Phi) is 6.77. The molecule has 1 aliphatic carbocycles. The predicted octanol–water partition coefficient (Wildman–Crippen LogP) is 4.61. The minimum Gasteiger partial charge on any atom is -0.449 e. The Morgan fingerprint density at radius 1 is 0.794 bits per heavy atom. The van der Waals surface area contributed by atoms with Crippen molar-refractivity contribution in [3.63, 3.8) is 0 Å². The van der Waals surface area contributed by atoms with Crippen LogP contribution >= 0.6 is 0 Å². The maximum absolute atomic E-state index is 12.6. The van der Waals surface area contributed by atoms with Gasteiger partial charge in [0.25, 0.3) is 0 Å². The van der Waals surface area contributed by atoms with Gasteiger partial charge in [0.05, 0.1) is 6.04 Å². The van der Waals surface area contributed by atoms with E-state index in [1.54, 1.807) is 26.0 Å². The van der Waals surface area contributed by atoms with E-state index in [4.69, 9.17) is 4.74 Å². The first kappa shape index (κ1) is 23.2. The molecule has 174 valence electrons. The van der Waals surface area contributed by atoms with Crippen LogP contribution in [-0.2, 0) is 9.53 Å². The van der Waals surface area contributed by atoms with Gasteiger partial charge in [0.1, 0.15) is 12.6 Å². The number of benzene rings is 3. The number of hydrogen-bond donors (Lipinski definition) is 2. The zero-order valence-corrected chi connectivity index (χ0v) is 19.5. The summed E-state index contributed by atoms with van der Waals surface area (Å²) in [7, 11) is 0. The smallest absolute Gasteiger partial charge is 0.407 e. The second kappa shape index (κ2) is 9.91. The third-order valence-corrected chi connectivity index (χ3v) is 6.16. The minimum atomic E-state index is -0.857. The number of ketones is 1. The highest BCUT2D eigenvalue weighted by molar-refractivity contribution is 6.02. The van der Waals surface area contributed by atoms with E-state index in [0.717, 1.165) is 27.8 Å². The lowest BCUT2D eigenvalue weighted by molar-refractivity contribution is -0.123. The van der Waals surface area contributed by atoms with Crippen molar-refractivity contribution in [2.75, 3.05) is 6.61 Å². The van der Waals surface area contributed by atoms with Crippen molar-refractivity contribution in [1.29, 1.82) is 0 Å². The molecule has 0 spiro atoms. The maximum Gasteiger partial charge on any atom is 0.407 e. The van der Waals surface area contributed by atoms with Crippen molar-refractivity contribution in [1.82, 2.24) is 10.6 Å². The lowest BCUT2D eigenvalue weighted by Gasteiger charge is -2.19. The van der Waals surface area contributed by atoms with Crippen LogP contribution in [0.2, 0.25) is 0 Å². The standard InChI is InChI=1S/C28H28N2O4/c1-17-12-14-20(15-13-17)26(31)18(2)29-27(32)19(3)30-28(33)34-16-25-23-10-6-4-8-21(23)22-9-5-7-11-24(22)25/h4-15,18-19,25H,16H2,1-3H3,(H,29,32)(H,30,33)/t18-,19-/m0/s1. The quantitative estimate of drug-likeness (QED) is 0.509. The molecule has 0 fully saturated rings. The van der Waals surface area contributed by atoms with Crippen LogP contribution in [0.15, 0.2) is 72.8 Å². The first-order chi connectivity index (χ1) is 16.3. The summed E-state index contributed by atoms with van der Waals surface area (Å²) in [5, 5.41) is 5.22. The Morgan fingerprint density at radius 2 is 1.35 bits per heavy atom. The van der Waals surface area contributed by atoms with Gasteiger partial charge in [-0.3, -0.25) is 9.59 Å². The van der Waals surface area contributed by atoms with Gasteiger partial charge in [-0.1, -0.05) is 78.4 Å². The summed E-state index contributed by atoms with van der Waals surface area (Å²) in [6.07, 6.45) is -0.679. The number of rotatable bonds is 7. The molecule has 6 heteroatoms. The van der Waals surface area contributed by atoms with Gasteiger partial charge in [-0.25, -0.2) is 4.79 Å². The van der Waals surface area contributed by atoms with Crippen molar-refractivity contribution in [3.8, 4) is 11.1 Å². The first-order valence-corrected chi connectivity index (χ1v) is 11.4. The number of alkyl carbamates (subject to hydrolysis) is 1. The lowest BCUT2D eigenvalue weighted by Crippen LogP contribution is -2.49. The average molecular weight is 457 g/mol. The molecular weight excluding hydrogens is 428 g/mol. The number of amides is 2. The fraction of sp³-hybridized carbons (Fsp3) is 0.250. The molecule has 0 saturated heterocycles. The summed E-state index contributed by atoms with van der Waals surface area (Å²) in [5.41, 5.74) is 6.10. The van der Waals surface area contributed by atoms with Crippen LogP contribution in [0.1, 0.15) is 46.8 Å². The average Bonchev–Trinajstić information content (AvgIpc) is 3.16. The van der Waals surface area contributed by atoms with Gasteiger partial charge >= 0.3 is 6.09 Å². The summed E-state index contributed by atoms with van der Waals surface area (Å²) < 4.78 is 5.50. The van der Waals surface area contributed by atoms with Crippen LogP contribution in [0.3, 0.4) is 0 Å².